The second kappa shape index (κ2) is 59.1. The molecule has 0 heterocycles. The molecule has 16 aliphatic rings. The fourth-order valence-corrected chi connectivity index (χ4v) is 29.3. The van der Waals surface area contributed by atoms with Crippen LogP contribution in [0.5, 0.6) is 0 Å². The molecule has 0 radical (unpaired) electrons. The molecule has 778 valence electrons. The molecule has 53 heteroatoms. The first-order valence-electron chi connectivity index (χ1n) is 43.6. The van der Waals surface area contributed by atoms with Gasteiger partial charge in [0.1, 0.15) is 60.2 Å². The Labute approximate surface area is 944 Å². The van der Waals surface area contributed by atoms with Crippen LogP contribution in [0.4, 0.5) is 48.4 Å². The van der Waals surface area contributed by atoms with Crippen LogP contribution in [0.2, 0.25) is 0 Å². The summed E-state index contributed by atoms with van der Waals surface area (Å²) >= 11 is -3.74. The number of hydrogen-bond acceptors (Lipinski definition) is 34. The number of carboxylic acid groups (broad SMARTS) is 1. The van der Waals surface area contributed by atoms with Crippen molar-refractivity contribution in [3.63, 3.8) is 0 Å². The van der Waals surface area contributed by atoms with Gasteiger partial charge in [0.05, 0.1) is 71.1 Å². The summed E-state index contributed by atoms with van der Waals surface area (Å²) in [4.78, 5) is 62.1. The predicted octanol–water partition coefficient (Wildman–Crippen LogP) is 3.88. The molecule has 8 unspecified atom stereocenters. The van der Waals surface area contributed by atoms with E-state index in [1.54, 1.807) is 0 Å². The summed E-state index contributed by atoms with van der Waals surface area (Å²) in [5.41, 5.74) is -3.75. The largest absolute Gasteiger partial charge is 1.00 e. The molecule has 30 nitrogen and oxygen atoms in total. The minimum Gasteiger partial charge on any atom is -0.870 e. The van der Waals surface area contributed by atoms with Crippen LogP contribution in [0, 0.1) is 69.0 Å². The van der Waals surface area contributed by atoms with Crippen molar-refractivity contribution in [1.82, 2.24) is 0 Å². The van der Waals surface area contributed by atoms with E-state index in [-0.39, 0.29) is 183 Å². The van der Waals surface area contributed by atoms with Crippen molar-refractivity contribution in [1.29, 1.82) is 0 Å². The molecule has 0 amide bonds. The molecule has 0 aliphatic heterocycles. The maximum atomic E-state index is 13.3. The summed E-state index contributed by atoms with van der Waals surface area (Å²) in [5.74, 6) is -5.91. The number of aliphatic hydroxyl groups excluding tert-OH is 1. The fourth-order valence-electron chi connectivity index (χ4n) is 23.9. The molecule has 16 bridgehead atoms. The van der Waals surface area contributed by atoms with Crippen molar-refractivity contribution in [2.75, 3.05) is 33.5 Å². The number of benzene rings is 6. The molecular weight excluding hydrogens is 2130 g/mol. The van der Waals surface area contributed by atoms with Crippen LogP contribution in [-0.4, -0.2) is 148 Å². The Bertz CT molecular complexity index is 4330. The first-order valence-corrected chi connectivity index (χ1v) is 49.7. The van der Waals surface area contributed by atoms with Gasteiger partial charge in [-0.05, 0) is 289 Å². The minimum absolute atomic E-state index is 0. The van der Waals surface area contributed by atoms with Crippen LogP contribution in [0.3, 0.4) is 0 Å². The number of carboxylic acids is 1. The molecule has 6 aromatic carbocycles. The van der Waals surface area contributed by atoms with Gasteiger partial charge in [0.15, 0.2) is 29.4 Å². The fraction of sp³-hybridized carbons (Fsp3) is 0.549. The number of esters is 4. The molecule has 22 rings (SSSR count). The summed E-state index contributed by atoms with van der Waals surface area (Å²) in [6.45, 7) is -0.136. The maximum Gasteiger partial charge on any atom is 1.00 e. The summed E-state index contributed by atoms with van der Waals surface area (Å²) in [7, 11) is 0.728. The van der Waals surface area contributed by atoms with Crippen molar-refractivity contribution in [3.8, 4) is 0 Å². The maximum absolute atomic E-state index is 13.3. The molecule has 16 saturated carbocycles. The van der Waals surface area contributed by atoms with Gasteiger partial charge in [-0.25, -0.2) is 24.0 Å². The molecule has 144 heavy (non-hydrogen) atoms. The number of aliphatic carboxylic acids is 1. The second-order valence-electron chi connectivity index (χ2n) is 37.6. The summed E-state index contributed by atoms with van der Waals surface area (Å²) in [6, 6.07) is 64.3. The van der Waals surface area contributed by atoms with E-state index in [1.807, 2.05) is 0 Å². The van der Waals surface area contributed by atoms with Crippen molar-refractivity contribution in [2.45, 2.75) is 232 Å². The van der Waals surface area contributed by atoms with Crippen molar-refractivity contribution < 1.29 is 314 Å². The van der Waals surface area contributed by atoms with Gasteiger partial charge in [-0.1, -0.05) is 109 Å². The van der Waals surface area contributed by atoms with Crippen LogP contribution in [0.15, 0.2) is 211 Å². The van der Waals surface area contributed by atoms with E-state index in [2.05, 4.69) is 234 Å². The van der Waals surface area contributed by atoms with Gasteiger partial charge in [-0.3, -0.25) is 20.2 Å². The smallest absolute Gasteiger partial charge is 0.870 e. The van der Waals surface area contributed by atoms with E-state index in [4.69, 9.17) is 24.6 Å². The number of aliphatic hydroxyl groups is 5. The standard InChI is InChI=1S/2C18H15S.3C13H18F2O6S.C11H18O2.C3H3F3O4S.C2H2F2O5S.ClH.4Na.H2O/c2*1-4-10-16(11-5-1)19(17-12-6-2-7-13-17)18-14-8-3-9-15-18;3*14-13(15,22-21-20-18)10(16)19-7-11-2-8-1-9(3-11)5-12(17,4-8)6-11;12-7-10-2-8-1-9(3-10)5-11(13,4-8)6-10;1-8-2(7)3(4,5)11-10-9-6;3-2(4,1(5)6)10-9-8-7;;;;;;/h2*1-15H;3*8-9,17-18H,1-7H2;8-9,12-13H,1-7H2;1H3;7H,(H,5,6);1H;;;;;1H2/q2*+1;;;;;;;;4*+1;/p-5. The number of alkyl halides is 10. The van der Waals surface area contributed by atoms with Crippen LogP contribution in [-0.2, 0) is 112 Å². The third-order valence-corrected chi connectivity index (χ3v) is 33.5. The van der Waals surface area contributed by atoms with Gasteiger partial charge < -0.3 is 76.1 Å². The Kier molecular flexibility index (Phi) is 54.3. The summed E-state index contributed by atoms with van der Waals surface area (Å²) in [6.07, 6.45) is 20.4. The van der Waals surface area contributed by atoms with Crippen LogP contribution >= 0.6 is 72.6 Å². The molecule has 0 spiro atoms. The average Bonchev–Trinajstić information content (AvgIpc) is 0.747. The van der Waals surface area contributed by atoms with Gasteiger partial charge in [0, 0.05) is 22.9 Å². The van der Waals surface area contributed by atoms with Gasteiger partial charge in [-0.15, -0.1) is 16.7 Å². The van der Waals surface area contributed by atoms with Gasteiger partial charge in [-0.2, -0.15) is 61.2 Å². The monoisotopic (exact) mass is 2240 g/mol. The Morgan fingerprint density at radius 1 is 0.333 bits per heavy atom. The number of carbonyl (C=O) groups excluding carboxylic acids is 4. The molecule has 16 aliphatic carbocycles. The zero-order valence-corrected chi connectivity index (χ0v) is 93.2. The normalized spacial score (nSPS) is 28.1. The zero-order valence-electron chi connectivity index (χ0n) is 78.7. The number of methoxy groups -OCH3 is 1. The number of rotatable bonds is 33. The van der Waals surface area contributed by atoms with Crippen molar-refractivity contribution in [2.24, 2.45) is 69.0 Å². The van der Waals surface area contributed by atoms with Crippen molar-refractivity contribution >= 4 is 124 Å². The third-order valence-electron chi connectivity index (χ3n) is 26.6. The number of halogens is 12. The Hall–Kier alpha value is -2.16. The number of carbonyl (C=O) groups is 5. The molecule has 8 atom stereocenters. The van der Waals surface area contributed by atoms with Crippen LogP contribution in [0.25, 0.3) is 0 Å². The molecule has 0 aromatic heterocycles. The minimum atomic E-state index is -4.16. The van der Waals surface area contributed by atoms with E-state index < -0.39 is 155 Å². The van der Waals surface area contributed by atoms with Crippen molar-refractivity contribution in [3.05, 3.63) is 182 Å². The number of ether oxygens (including phenoxy) is 4. The third kappa shape index (κ3) is 37.6. The molecule has 7 N–H and O–H groups in total. The van der Waals surface area contributed by atoms with Gasteiger partial charge in [0.25, 0.3) is 0 Å². The zero-order chi connectivity index (χ0) is 100. The van der Waals surface area contributed by atoms with E-state index in [9.17, 15) is 114 Å². The van der Waals surface area contributed by atoms with Crippen LogP contribution in [0.1, 0.15) is 154 Å². The Morgan fingerprint density at radius 2 is 0.521 bits per heavy atom. The first-order chi connectivity index (χ1) is 65.4. The second-order valence-corrected chi connectivity index (χ2v) is 45.7. The van der Waals surface area contributed by atoms with Gasteiger partial charge >= 0.3 is 174 Å². The van der Waals surface area contributed by atoms with E-state index in [0.29, 0.717) is 73.2 Å². The SMILES string of the molecule is COC(=O)C(F)(F)SOOF.Cl.O=C(O)C(F)(F)SOO[O-].O=C(OCC12CC3CC(CC(O)(C3)C1)C2)C(F)(F)SOO[O-].O=C(OCC12CC3CC(CC(O)(C3)C1)C2)C(F)(F)SOO[O-].O=C(OCC12CC3CC(CC(O)(C3)C1)C2)C(F)(F)SOO[O-].OCC12CC3CC(CC(O)(C3)C1)C2.[Na+].[Na+].[Na+].[Na+].[OH-].c1ccc([S+](c2ccccc2)c2ccccc2)cc1.c1ccc([S+](c2ccccc2)c2ccccc2)cc1. The summed E-state index contributed by atoms with van der Waals surface area (Å²) in [5, 5.41) is 89.8. The van der Waals surface area contributed by atoms with E-state index in [1.165, 1.54) is 48.6 Å². The van der Waals surface area contributed by atoms with E-state index in [0.717, 1.165) is 123 Å². The van der Waals surface area contributed by atoms with Crippen LogP contribution < -0.4 is 139 Å². The molecule has 6 aromatic rings. The Balaban J connectivity index is 0.000000292. The predicted molar refractivity (Wildman–Crippen MR) is 475 cm³/mol. The summed E-state index contributed by atoms with van der Waals surface area (Å²) < 4.78 is 173. The van der Waals surface area contributed by atoms with Gasteiger partial charge in [0.2, 0.25) is 0 Å². The number of hydrogen-bond donors (Lipinski definition) is 6. The molecular formula is C91H105ClF11Na4O30S7+. The quantitative estimate of drug-likeness (QED) is 0.00497. The first kappa shape index (κ1) is 132. The molecule has 16 fully saturated rings. The van der Waals surface area contributed by atoms with E-state index >= 15 is 0 Å². The topological polar surface area (TPSA) is 458 Å². The Morgan fingerprint density at radius 3 is 0.701 bits per heavy atom. The average molecular weight is 2240 g/mol. The molecule has 0 saturated heterocycles.